The van der Waals surface area contributed by atoms with Crippen molar-refractivity contribution in [1.29, 1.82) is 0 Å². The van der Waals surface area contributed by atoms with E-state index in [0.29, 0.717) is 17.0 Å². The summed E-state index contributed by atoms with van der Waals surface area (Å²) in [5, 5.41) is 9.20. The molecule has 0 aliphatic rings. The predicted molar refractivity (Wildman–Crippen MR) is 123 cm³/mol. The highest BCUT2D eigenvalue weighted by Crippen LogP contribution is 2.30. The third-order valence-corrected chi connectivity index (χ3v) is 4.79. The lowest BCUT2D eigenvalue weighted by molar-refractivity contribution is 0.258. The number of pyridine rings is 1. The minimum Gasteiger partial charge on any atom is -0.455 e. The Bertz CT molecular complexity index is 1520. The van der Waals surface area contributed by atoms with E-state index in [0.717, 1.165) is 12.3 Å². The van der Waals surface area contributed by atoms with Crippen LogP contribution in [0.4, 0.5) is 26.4 Å². The van der Waals surface area contributed by atoms with Gasteiger partial charge < -0.3 is 15.0 Å². The van der Waals surface area contributed by atoms with Gasteiger partial charge in [-0.2, -0.15) is 5.10 Å². The van der Waals surface area contributed by atoms with Crippen molar-refractivity contribution in [2.24, 2.45) is 0 Å². The fourth-order valence-electron chi connectivity index (χ4n) is 3.28. The minimum atomic E-state index is -0.705. The molecule has 0 fully saturated rings. The number of ether oxygens (including phenoxy) is 1. The first-order chi connectivity index (χ1) is 16.6. The highest BCUT2D eigenvalue weighted by atomic mass is 19.1. The van der Waals surface area contributed by atoms with Crippen LogP contribution in [0.1, 0.15) is 0 Å². The Labute approximate surface area is 191 Å². The number of hydrogen-bond donors (Lipinski definition) is 3. The molecule has 0 atom stereocenters. The van der Waals surface area contributed by atoms with Crippen LogP contribution in [0.3, 0.4) is 0 Å². The molecule has 0 saturated heterocycles. The van der Waals surface area contributed by atoms with Crippen LogP contribution in [0.15, 0.2) is 84.0 Å². The van der Waals surface area contributed by atoms with Gasteiger partial charge in [0.2, 0.25) is 0 Å². The number of halogens is 1. The summed E-state index contributed by atoms with van der Waals surface area (Å²) in [5.41, 5.74) is 0.689. The number of para-hydroxylation sites is 1. The van der Waals surface area contributed by atoms with Crippen molar-refractivity contribution in [2.75, 3.05) is 10.2 Å². The zero-order chi connectivity index (χ0) is 23.5. The van der Waals surface area contributed by atoms with Crippen LogP contribution in [0.25, 0.3) is 11.2 Å². The number of carbonyl (C=O) groups excluding carboxylic acids is 1. The van der Waals surface area contributed by atoms with Gasteiger partial charge in [0, 0.05) is 24.4 Å². The molecule has 34 heavy (non-hydrogen) atoms. The van der Waals surface area contributed by atoms with Crippen LogP contribution in [0.5, 0.6) is 11.5 Å². The number of H-pyrrole nitrogens is 2. The Morgan fingerprint density at radius 1 is 1.03 bits per heavy atom. The zero-order valence-corrected chi connectivity index (χ0v) is 17.4. The summed E-state index contributed by atoms with van der Waals surface area (Å²) in [6, 6.07) is 15.5. The van der Waals surface area contributed by atoms with Gasteiger partial charge in [0.1, 0.15) is 22.9 Å². The Morgan fingerprint density at radius 3 is 2.65 bits per heavy atom. The molecular formula is C23H16FN7O3. The van der Waals surface area contributed by atoms with E-state index in [1.165, 1.54) is 29.4 Å². The largest absolute Gasteiger partial charge is 0.455 e. The highest BCUT2D eigenvalue weighted by molar-refractivity contribution is 6.06. The van der Waals surface area contributed by atoms with Crippen molar-refractivity contribution < 1.29 is 13.9 Å². The van der Waals surface area contributed by atoms with E-state index in [9.17, 15) is 14.0 Å². The van der Waals surface area contributed by atoms with Crippen molar-refractivity contribution in [3.63, 3.8) is 0 Å². The second-order valence-corrected chi connectivity index (χ2v) is 7.04. The van der Waals surface area contributed by atoms with E-state index in [1.54, 1.807) is 36.4 Å². The van der Waals surface area contributed by atoms with Crippen LogP contribution in [-0.4, -0.2) is 31.2 Å². The molecule has 0 spiro atoms. The number of urea groups is 1. The third kappa shape index (κ3) is 4.17. The van der Waals surface area contributed by atoms with Crippen LogP contribution in [0, 0.1) is 5.82 Å². The van der Waals surface area contributed by atoms with Gasteiger partial charge in [-0.3, -0.25) is 9.89 Å². The summed E-state index contributed by atoms with van der Waals surface area (Å²) in [4.78, 5) is 36.4. The summed E-state index contributed by atoms with van der Waals surface area (Å²) in [7, 11) is 0. The van der Waals surface area contributed by atoms with Gasteiger partial charge in [0.25, 0.3) is 5.56 Å². The molecule has 3 N–H and O–H groups in total. The molecule has 0 unspecified atom stereocenters. The van der Waals surface area contributed by atoms with E-state index in [1.807, 2.05) is 6.07 Å². The van der Waals surface area contributed by atoms with Gasteiger partial charge in [0.15, 0.2) is 11.4 Å². The number of aromatic nitrogens is 5. The lowest BCUT2D eigenvalue weighted by Gasteiger charge is -2.21. The number of fused-ring (bicyclic) bond motifs is 1. The molecule has 0 radical (unpaired) electrons. The summed E-state index contributed by atoms with van der Waals surface area (Å²) >= 11 is 0. The number of hydrogen-bond acceptors (Lipinski definition) is 6. The van der Waals surface area contributed by atoms with Gasteiger partial charge in [-0.1, -0.05) is 18.2 Å². The fraction of sp³-hybridized carbons (Fsp3) is 0. The Kier molecular flexibility index (Phi) is 5.40. The van der Waals surface area contributed by atoms with Gasteiger partial charge >= 0.3 is 6.03 Å². The third-order valence-electron chi connectivity index (χ3n) is 4.79. The number of benzene rings is 2. The van der Waals surface area contributed by atoms with Crippen molar-refractivity contribution >= 4 is 34.4 Å². The number of nitrogens with zero attached hydrogens (tertiary/aromatic N) is 4. The molecule has 5 aromatic rings. The van der Waals surface area contributed by atoms with E-state index in [-0.39, 0.29) is 22.8 Å². The topological polar surface area (TPSA) is 129 Å². The number of nitrogens with one attached hydrogen (secondary N) is 3. The van der Waals surface area contributed by atoms with Crippen LogP contribution < -0.4 is 20.5 Å². The van der Waals surface area contributed by atoms with Crippen molar-refractivity contribution in [3.05, 3.63) is 95.4 Å². The standard InChI is InChI=1S/C23H16FN7O3/c24-16-12-15(34-18-8-10-25-22-21(18)26-13-20(32)29-22)6-7-17(16)28-23(33)31(19-9-11-27-30-19)14-4-2-1-3-5-14/h1-13H,(H,27,30)(H,28,33)(H,25,29,32). The Balaban J connectivity index is 1.39. The average molecular weight is 457 g/mol. The van der Waals surface area contributed by atoms with Crippen molar-refractivity contribution in [3.8, 4) is 11.5 Å². The quantitative estimate of drug-likeness (QED) is 0.360. The summed E-state index contributed by atoms with van der Waals surface area (Å²) < 4.78 is 20.6. The van der Waals surface area contributed by atoms with Crippen molar-refractivity contribution in [1.82, 2.24) is 25.1 Å². The van der Waals surface area contributed by atoms with E-state index in [4.69, 9.17) is 4.74 Å². The van der Waals surface area contributed by atoms with Crippen LogP contribution >= 0.6 is 0 Å². The molecule has 2 aromatic carbocycles. The highest BCUT2D eigenvalue weighted by Gasteiger charge is 2.20. The lowest BCUT2D eigenvalue weighted by Crippen LogP contribution is -2.31. The molecular weight excluding hydrogens is 441 g/mol. The first kappa shape index (κ1) is 20.8. The molecule has 11 heteroatoms. The molecule has 0 bridgehead atoms. The zero-order valence-electron chi connectivity index (χ0n) is 17.4. The summed E-state index contributed by atoms with van der Waals surface area (Å²) in [6.07, 6.45) is 4.06. The second-order valence-electron chi connectivity index (χ2n) is 7.04. The maximum Gasteiger partial charge on any atom is 0.332 e. The molecule has 10 nitrogen and oxygen atoms in total. The first-order valence-corrected chi connectivity index (χ1v) is 10.1. The predicted octanol–water partition coefficient (Wildman–Crippen LogP) is 4.34. The number of rotatable bonds is 5. The maximum atomic E-state index is 14.9. The summed E-state index contributed by atoms with van der Waals surface area (Å²) in [6.45, 7) is 0. The molecule has 3 heterocycles. The van der Waals surface area contributed by atoms with Crippen molar-refractivity contribution in [2.45, 2.75) is 0 Å². The maximum absolute atomic E-state index is 14.9. The molecule has 0 saturated carbocycles. The molecule has 0 aliphatic heterocycles. The van der Waals surface area contributed by atoms with E-state index in [2.05, 4.69) is 30.5 Å². The van der Waals surface area contributed by atoms with Gasteiger partial charge in [-0.15, -0.1) is 0 Å². The van der Waals surface area contributed by atoms with Crippen LogP contribution in [0.2, 0.25) is 0 Å². The minimum absolute atomic E-state index is 0.0418. The van der Waals surface area contributed by atoms with Crippen LogP contribution in [-0.2, 0) is 0 Å². The number of carbonyl (C=O) groups is 1. The monoisotopic (exact) mass is 457 g/mol. The van der Waals surface area contributed by atoms with E-state index >= 15 is 0 Å². The fourth-order valence-corrected chi connectivity index (χ4v) is 3.28. The first-order valence-electron chi connectivity index (χ1n) is 10.1. The number of anilines is 3. The van der Waals surface area contributed by atoms with Gasteiger partial charge in [-0.05, 0) is 24.3 Å². The van der Waals surface area contributed by atoms with Gasteiger partial charge in [0.05, 0.1) is 23.8 Å². The molecule has 5 rings (SSSR count). The second kappa shape index (κ2) is 8.82. The molecule has 168 valence electrons. The number of aromatic amines is 2. The average Bonchev–Trinajstić information content (AvgIpc) is 3.36. The molecule has 0 aliphatic carbocycles. The molecule has 2 amide bonds. The summed E-state index contributed by atoms with van der Waals surface area (Å²) in [5.74, 6) is 0.166. The van der Waals surface area contributed by atoms with Gasteiger partial charge in [-0.25, -0.2) is 24.1 Å². The molecule has 3 aromatic heterocycles. The SMILES string of the molecule is O=C(Nc1ccc(Oc2ccnc3[nH]c(=O)cnc23)cc1F)N(c1ccccc1)c1ccn[nH]1. The normalized spacial score (nSPS) is 10.7. The van der Waals surface area contributed by atoms with E-state index < -0.39 is 17.4 Å². The smallest absolute Gasteiger partial charge is 0.332 e. The Hall–Kier alpha value is -5.06. The Morgan fingerprint density at radius 2 is 1.88 bits per heavy atom. The lowest BCUT2D eigenvalue weighted by atomic mass is 10.2. The number of amides is 2.